The number of pyridine rings is 1. The van der Waals surface area contributed by atoms with Crippen molar-refractivity contribution in [1.82, 2.24) is 9.88 Å². The third-order valence-corrected chi connectivity index (χ3v) is 3.97. The van der Waals surface area contributed by atoms with Crippen LogP contribution < -0.4 is 5.32 Å². The first-order valence-corrected chi connectivity index (χ1v) is 7.20. The van der Waals surface area contributed by atoms with E-state index in [4.69, 9.17) is 0 Å². The standard InChI is InChI=1S/C15H23N3O2/c1-4-16-13-7-11(3)17-8-12(13)15(20)18-6-5-10(2)14(18)9-19/h7-8,10,14,19H,4-6,9H2,1-3H3,(H,16,17). The smallest absolute Gasteiger partial charge is 0.257 e. The summed E-state index contributed by atoms with van der Waals surface area (Å²) >= 11 is 0. The molecule has 2 heterocycles. The summed E-state index contributed by atoms with van der Waals surface area (Å²) in [5.74, 6) is 0.293. The number of aliphatic hydroxyl groups is 1. The molecule has 0 aromatic carbocycles. The number of carbonyl (C=O) groups is 1. The van der Waals surface area contributed by atoms with Crippen LogP contribution in [0.5, 0.6) is 0 Å². The molecule has 0 radical (unpaired) electrons. The molecule has 1 amide bonds. The van der Waals surface area contributed by atoms with E-state index in [2.05, 4.69) is 17.2 Å². The third kappa shape index (κ3) is 2.77. The SMILES string of the molecule is CCNc1cc(C)ncc1C(=O)N1CCC(C)C1CO. The maximum atomic E-state index is 12.7. The van der Waals surface area contributed by atoms with Gasteiger partial charge in [0.25, 0.3) is 5.91 Å². The molecule has 0 bridgehead atoms. The van der Waals surface area contributed by atoms with E-state index in [1.54, 1.807) is 11.1 Å². The Morgan fingerprint density at radius 2 is 2.35 bits per heavy atom. The molecule has 1 saturated heterocycles. The van der Waals surface area contributed by atoms with Crippen LogP contribution >= 0.6 is 0 Å². The highest BCUT2D eigenvalue weighted by atomic mass is 16.3. The second kappa shape index (κ2) is 6.22. The van der Waals surface area contributed by atoms with Crippen LogP contribution in [-0.4, -0.2) is 46.6 Å². The van der Waals surface area contributed by atoms with E-state index in [0.717, 1.165) is 24.3 Å². The van der Waals surface area contributed by atoms with Gasteiger partial charge in [0.1, 0.15) is 0 Å². The van der Waals surface area contributed by atoms with Crippen LogP contribution in [0.3, 0.4) is 0 Å². The average Bonchev–Trinajstić information content (AvgIpc) is 2.79. The lowest BCUT2D eigenvalue weighted by Gasteiger charge is -2.26. The van der Waals surface area contributed by atoms with Crippen molar-refractivity contribution < 1.29 is 9.90 Å². The van der Waals surface area contributed by atoms with Crippen molar-refractivity contribution >= 4 is 11.6 Å². The molecule has 20 heavy (non-hydrogen) atoms. The fraction of sp³-hybridized carbons (Fsp3) is 0.600. The average molecular weight is 277 g/mol. The fourth-order valence-corrected chi connectivity index (χ4v) is 2.76. The number of rotatable bonds is 4. The summed E-state index contributed by atoms with van der Waals surface area (Å²) in [5, 5.41) is 12.7. The predicted octanol–water partition coefficient (Wildman–Crippen LogP) is 1.66. The van der Waals surface area contributed by atoms with Gasteiger partial charge in [-0.2, -0.15) is 0 Å². The van der Waals surface area contributed by atoms with Crippen LogP contribution in [0.15, 0.2) is 12.3 Å². The van der Waals surface area contributed by atoms with E-state index in [0.29, 0.717) is 18.0 Å². The van der Waals surface area contributed by atoms with Crippen LogP contribution in [-0.2, 0) is 0 Å². The maximum absolute atomic E-state index is 12.7. The number of carbonyl (C=O) groups excluding carboxylic acids is 1. The Balaban J connectivity index is 2.29. The Morgan fingerprint density at radius 1 is 1.60 bits per heavy atom. The van der Waals surface area contributed by atoms with Gasteiger partial charge in [0.05, 0.1) is 23.9 Å². The van der Waals surface area contributed by atoms with Gasteiger partial charge in [0.15, 0.2) is 0 Å². The molecule has 1 aliphatic rings. The molecule has 5 heteroatoms. The second-order valence-electron chi connectivity index (χ2n) is 5.42. The predicted molar refractivity (Wildman–Crippen MR) is 78.8 cm³/mol. The van der Waals surface area contributed by atoms with Crippen molar-refractivity contribution in [1.29, 1.82) is 0 Å². The summed E-state index contributed by atoms with van der Waals surface area (Å²) < 4.78 is 0. The molecular formula is C15H23N3O2. The topological polar surface area (TPSA) is 65.5 Å². The van der Waals surface area contributed by atoms with Crippen LogP contribution in [0, 0.1) is 12.8 Å². The molecule has 0 spiro atoms. The highest BCUT2D eigenvalue weighted by Crippen LogP contribution is 2.27. The Bertz CT molecular complexity index is 490. The molecule has 0 saturated carbocycles. The molecule has 1 aromatic heterocycles. The number of aryl methyl sites for hydroxylation is 1. The van der Waals surface area contributed by atoms with Gasteiger partial charge < -0.3 is 15.3 Å². The van der Waals surface area contributed by atoms with E-state index < -0.39 is 0 Å². The molecule has 1 aliphatic heterocycles. The van der Waals surface area contributed by atoms with E-state index in [9.17, 15) is 9.90 Å². The summed E-state index contributed by atoms with van der Waals surface area (Å²) in [7, 11) is 0. The normalized spacial score (nSPS) is 22.1. The van der Waals surface area contributed by atoms with Crippen molar-refractivity contribution in [2.75, 3.05) is 25.0 Å². The van der Waals surface area contributed by atoms with Gasteiger partial charge in [-0.1, -0.05) is 6.92 Å². The van der Waals surface area contributed by atoms with Gasteiger partial charge in [0, 0.05) is 25.0 Å². The molecule has 2 rings (SSSR count). The number of hydrogen-bond acceptors (Lipinski definition) is 4. The lowest BCUT2D eigenvalue weighted by molar-refractivity contribution is 0.0648. The van der Waals surface area contributed by atoms with Gasteiger partial charge in [0.2, 0.25) is 0 Å². The molecule has 2 N–H and O–H groups in total. The highest BCUT2D eigenvalue weighted by Gasteiger charge is 2.35. The number of anilines is 1. The van der Waals surface area contributed by atoms with Crippen LogP contribution in [0.25, 0.3) is 0 Å². The summed E-state index contributed by atoms with van der Waals surface area (Å²) in [6.45, 7) is 7.45. The van der Waals surface area contributed by atoms with Gasteiger partial charge >= 0.3 is 0 Å². The van der Waals surface area contributed by atoms with Gasteiger partial charge in [-0.05, 0) is 32.3 Å². The highest BCUT2D eigenvalue weighted by molar-refractivity contribution is 5.99. The number of amides is 1. The summed E-state index contributed by atoms with van der Waals surface area (Å²) in [6, 6.07) is 1.81. The number of likely N-dealkylation sites (tertiary alicyclic amines) is 1. The molecule has 2 atom stereocenters. The molecule has 5 nitrogen and oxygen atoms in total. The van der Waals surface area contributed by atoms with Crippen LogP contribution in [0.2, 0.25) is 0 Å². The zero-order chi connectivity index (χ0) is 14.7. The zero-order valence-electron chi connectivity index (χ0n) is 12.4. The molecule has 1 aromatic rings. The first-order chi connectivity index (χ1) is 9.58. The van der Waals surface area contributed by atoms with E-state index >= 15 is 0 Å². The first kappa shape index (κ1) is 14.8. The van der Waals surface area contributed by atoms with Crippen molar-refractivity contribution in [2.45, 2.75) is 33.2 Å². The second-order valence-corrected chi connectivity index (χ2v) is 5.42. The zero-order valence-corrected chi connectivity index (χ0v) is 12.4. The van der Waals surface area contributed by atoms with E-state index in [1.807, 2.05) is 19.9 Å². The molecule has 110 valence electrons. The van der Waals surface area contributed by atoms with Crippen LogP contribution in [0.1, 0.15) is 36.3 Å². The number of aliphatic hydroxyl groups excluding tert-OH is 1. The molecular weight excluding hydrogens is 254 g/mol. The van der Waals surface area contributed by atoms with Crippen molar-refractivity contribution in [3.63, 3.8) is 0 Å². The number of nitrogens with one attached hydrogen (secondary N) is 1. The first-order valence-electron chi connectivity index (χ1n) is 7.20. The Morgan fingerprint density at radius 3 is 3.00 bits per heavy atom. The minimum absolute atomic E-state index is 0.0166. The molecule has 1 fully saturated rings. The summed E-state index contributed by atoms with van der Waals surface area (Å²) in [5.41, 5.74) is 2.29. The van der Waals surface area contributed by atoms with Gasteiger partial charge in [-0.15, -0.1) is 0 Å². The number of hydrogen-bond donors (Lipinski definition) is 2. The summed E-state index contributed by atoms with van der Waals surface area (Å²) in [4.78, 5) is 18.7. The quantitative estimate of drug-likeness (QED) is 0.878. The number of nitrogens with zero attached hydrogens (tertiary/aromatic N) is 2. The summed E-state index contributed by atoms with van der Waals surface area (Å²) in [6.07, 6.45) is 2.57. The number of aromatic nitrogens is 1. The minimum atomic E-state index is -0.0849. The maximum Gasteiger partial charge on any atom is 0.257 e. The molecule has 0 aliphatic carbocycles. The van der Waals surface area contributed by atoms with E-state index in [-0.39, 0.29) is 18.6 Å². The Kier molecular flexibility index (Phi) is 4.60. The largest absolute Gasteiger partial charge is 0.394 e. The Labute approximate surface area is 120 Å². The van der Waals surface area contributed by atoms with Crippen LogP contribution in [0.4, 0.5) is 5.69 Å². The Hall–Kier alpha value is -1.62. The fourth-order valence-electron chi connectivity index (χ4n) is 2.76. The molecule has 2 unspecified atom stereocenters. The van der Waals surface area contributed by atoms with Crippen molar-refractivity contribution in [2.24, 2.45) is 5.92 Å². The third-order valence-electron chi connectivity index (χ3n) is 3.97. The van der Waals surface area contributed by atoms with Gasteiger partial charge in [-0.3, -0.25) is 9.78 Å². The van der Waals surface area contributed by atoms with Gasteiger partial charge in [-0.25, -0.2) is 0 Å². The van der Waals surface area contributed by atoms with E-state index in [1.165, 1.54) is 0 Å². The lowest BCUT2D eigenvalue weighted by Crippen LogP contribution is -2.40. The minimum Gasteiger partial charge on any atom is -0.394 e. The van der Waals surface area contributed by atoms with Crippen molar-refractivity contribution in [3.05, 3.63) is 23.5 Å². The monoisotopic (exact) mass is 277 g/mol. The lowest BCUT2D eigenvalue weighted by atomic mass is 10.0. The van der Waals surface area contributed by atoms with Crippen molar-refractivity contribution in [3.8, 4) is 0 Å².